The number of fused-ring (bicyclic) bond motifs is 1. The lowest BCUT2D eigenvalue weighted by molar-refractivity contribution is -0.127. The molecular formula is C22H30N2O3. The first-order chi connectivity index (χ1) is 13.2. The third-order valence-electron chi connectivity index (χ3n) is 6.76. The molecule has 2 saturated carbocycles. The maximum absolute atomic E-state index is 13.6. The second kappa shape index (κ2) is 7.63. The van der Waals surface area contributed by atoms with Gasteiger partial charge in [-0.25, -0.2) is 0 Å². The lowest BCUT2D eigenvalue weighted by Gasteiger charge is -2.52. The minimum atomic E-state index is -0.363. The minimum Gasteiger partial charge on any atom is -0.383 e. The van der Waals surface area contributed by atoms with Crippen LogP contribution in [0, 0.1) is 0 Å². The normalized spacial score (nSPS) is 24.4. The third-order valence-corrected chi connectivity index (χ3v) is 6.76. The van der Waals surface area contributed by atoms with E-state index in [-0.39, 0.29) is 29.3 Å². The van der Waals surface area contributed by atoms with Gasteiger partial charge >= 0.3 is 0 Å². The summed E-state index contributed by atoms with van der Waals surface area (Å²) in [4.78, 5) is 29.1. The van der Waals surface area contributed by atoms with E-state index in [2.05, 4.69) is 10.2 Å². The molecule has 0 radical (unpaired) electrons. The number of benzene rings is 1. The van der Waals surface area contributed by atoms with Crippen molar-refractivity contribution >= 4 is 11.8 Å². The maximum Gasteiger partial charge on any atom is 0.254 e. The highest BCUT2D eigenvalue weighted by Crippen LogP contribution is 2.52. The predicted octanol–water partition coefficient (Wildman–Crippen LogP) is 3.24. The minimum absolute atomic E-state index is 0.0388. The van der Waals surface area contributed by atoms with Crippen molar-refractivity contribution in [2.75, 3.05) is 20.3 Å². The number of hydrogen-bond acceptors (Lipinski definition) is 3. The molecule has 5 nitrogen and oxygen atoms in total. The average Bonchev–Trinajstić information content (AvgIpc) is 3.36. The molecule has 1 aromatic carbocycles. The predicted molar refractivity (Wildman–Crippen MR) is 104 cm³/mol. The Morgan fingerprint density at radius 3 is 2.59 bits per heavy atom. The fourth-order valence-corrected chi connectivity index (χ4v) is 5.68. The molecule has 0 bridgehead atoms. The zero-order chi connectivity index (χ0) is 18.9. The highest BCUT2D eigenvalue weighted by atomic mass is 16.5. The standard InChI is InChI=1S/C22H30N2O3/c1-27-15-14-23-20(25)19-17-10-4-5-11-18(17)21(26)24(16-8-2-3-9-16)22(19)12-6-7-13-22/h4-5,10-11,16,19H,2-3,6-9,12-15H2,1H3,(H,23,25)/t19-/m1/s1. The summed E-state index contributed by atoms with van der Waals surface area (Å²) in [5.41, 5.74) is 1.26. The van der Waals surface area contributed by atoms with Crippen molar-refractivity contribution in [3.05, 3.63) is 35.4 Å². The van der Waals surface area contributed by atoms with Crippen molar-refractivity contribution in [1.29, 1.82) is 0 Å². The number of nitrogens with one attached hydrogen (secondary N) is 1. The Kier molecular flexibility index (Phi) is 5.22. The maximum atomic E-state index is 13.6. The van der Waals surface area contributed by atoms with E-state index < -0.39 is 0 Å². The van der Waals surface area contributed by atoms with E-state index in [0.29, 0.717) is 18.7 Å². The smallest absolute Gasteiger partial charge is 0.254 e. The molecule has 1 heterocycles. The number of amides is 2. The number of carbonyl (C=O) groups is 2. The highest BCUT2D eigenvalue weighted by Gasteiger charge is 2.57. The summed E-state index contributed by atoms with van der Waals surface area (Å²) in [5.74, 6) is -0.108. The molecule has 146 valence electrons. The molecule has 27 heavy (non-hydrogen) atoms. The van der Waals surface area contributed by atoms with Gasteiger partial charge in [0.05, 0.1) is 18.1 Å². The van der Waals surface area contributed by atoms with E-state index >= 15 is 0 Å². The van der Waals surface area contributed by atoms with Gasteiger partial charge in [-0.3, -0.25) is 9.59 Å². The molecule has 2 amide bonds. The monoisotopic (exact) mass is 370 g/mol. The fraction of sp³-hybridized carbons (Fsp3) is 0.636. The number of carbonyl (C=O) groups excluding carboxylic acids is 2. The number of methoxy groups -OCH3 is 1. The van der Waals surface area contributed by atoms with Crippen LogP contribution in [-0.4, -0.2) is 48.6 Å². The summed E-state index contributed by atoms with van der Waals surface area (Å²) in [6.45, 7) is 1.000. The second-order valence-electron chi connectivity index (χ2n) is 8.23. The van der Waals surface area contributed by atoms with Crippen molar-refractivity contribution in [2.45, 2.75) is 68.9 Å². The van der Waals surface area contributed by atoms with Crippen LogP contribution >= 0.6 is 0 Å². The largest absolute Gasteiger partial charge is 0.383 e. The van der Waals surface area contributed by atoms with Crippen molar-refractivity contribution < 1.29 is 14.3 Å². The van der Waals surface area contributed by atoms with E-state index in [1.807, 2.05) is 24.3 Å². The summed E-state index contributed by atoms with van der Waals surface area (Å²) < 4.78 is 5.11. The first-order valence-electron chi connectivity index (χ1n) is 10.4. The van der Waals surface area contributed by atoms with Crippen LogP contribution in [0.4, 0.5) is 0 Å². The second-order valence-corrected chi connectivity index (χ2v) is 8.23. The Labute approximate surface area is 161 Å². The van der Waals surface area contributed by atoms with Crippen LogP contribution in [0.3, 0.4) is 0 Å². The molecule has 0 aromatic heterocycles. The molecule has 1 spiro atoms. The van der Waals surface area contributed by atoms with Gasteiger partial charge in [-0.1, -0.05) is 43.9 Å². The first kappa shape index (κ1) is 18.5. The van der Waals surface area contributed by atoms with E-state index in [1.54, 1.807) is 7.11 Å². The molecule has 2 fully saturated rings. The van der Waals surface area contributed by atoms with Gasteiger partial charge < -0.3 is 15.0 Å². The Hall–Kier alpha value is -1.88. The fourth-order valence-electron chi connectivity index (χ4n) is 5.68. The molecule has 1 atom stereocenters. The average molecular weight is 370 g/mol. The SMILES string of the molecule is COCCNC(=O)[C@H]1c2ccccc2C(=O)N(C2CCCC2)C12CCCC2. The number of ether oxygens (including phenoxy) is 1. The van der Waals surface area contributed by atoms with Gasteiger partial charge in [0.1, 0.15) is 0 Å². The number of hydrogen-bond donors (Lipinski definition) is 1. The Balaban J connectivity index is 1.79. The van der Waals surface area contributed by atoms with E-state index in [0.717, 1.165) is 44.1 Å². The molecule has 0 saturated heterocycles. The number of nitrogens with zero attached hydrogens (tertiary/aromatic N) is 1. The topological polar surface area (TPSA) is 58.6 Å². The number of rotatable bonds is 5. The van der Waals surface area contributed by atoms with Crippen LogP contribution in [0.15, 0.2) is 24.3 Å². The van der Waals surface area contributed by atoms with Crippen LogP contribution in [0.1, 0.15) is 73.2 Å². The zero-order valence-corrected chi connectivity index (χ0v) is 16.2. The van der Waals surface area contributed by atoms with Crippen molar-refractivity contribution in [3.8, 4) is 0 Å². The van der Waals surface area contributed by atoms with E-state index in [9.17, 15) is 9.59 Å². The van der Waals surface area contributed by atoms with Crippen LogP contribution < -0.4 is 5.32 Å². The van der Waals surface area contributed by atoms with Gasteiger partial charge in [0.25, 0.3) is 5.91 Å². The van der Waals surface area contributed by atoms with Gasteiger partial charge in [-0.05, 0) is 37.3 Å². The summed E-state index contributed by atoms with van der Waals surface area (Å²) in [6, 6.07) is 8.03. The van der Waals surface area contributed by atoms with Crippen LogP contribution in [0.2, 0.25) is 0 Å². The third kappa shape index (κ3) is 3.06. The summed E-state index contributed by atoms with van der Waals surface area (Å²) in [5, 5.41) is 3.07. The van der Waals surface area contributed by atoms with Gasteiger partial charge in [0.15, 0.2) is 0 Å². The Morgan fingerprint density at radius 2 is 1.89 bits per heavy atom. The summed E-state index contributed by atoms with van der Waals surface area (Å²) in [7, 11) is 1.64. The van der Waals surface area contributed by atoms with Crippen molar-refractivity contribution in [1.82, 2.24) is 10.2 Å². The molecule has 1 N–H and O–H groups in total. The summed E-state index contributed by atoms with van der Waals surface area (Å²) >= 11 is 0. The van der Waals surface area contributed by atoms with Crippen molar-refractivity contribution in [2.24, 2.45) is 0 Å². The molecule has 2 aliphatic carbocycles. The zero-order valence-electron chi connectivity index (χ0n) is 16.2. The molecular weight excluding hydrogens is 340 g/mol. The van der Waals surface area contributed by atoms with Crippen LogP contribution in [0.25, 0.3) is 0 Å². The van der Waals surface area contributed by atoms with Gasteiger partial charge in [0, 0.05) is 25.3 Å². The van der Waals surface area contributed by atoms with Crippen molar-refractivity contribution in [3.63, 3.8) is 0 Å². The quantitative estimate of drug-likeness (QED) is 0.810. The molecule has 1 aromatic rings. The van der Waals surface area contributed by atoms with E-state index in [1.165, 1.54) is 12.8 Å². The van der Waals surface area contributed by atoms with Crippen LogP contribution in [0.5, 0.6) is 0 Å². The molecule has 5 heteroatoms. The van der Waals surface area contributed by atoms with Crippen LogP contribution in [-0.2, 0) is 9.53 Å². The Bertz CT molecular complexity index is 705. The molecule has 4 rings (SSSR count). The lowest BCUT2D eigenvalue weighted by Crippen LogP contribution is -2.63. The molecule has 0 unspecified atom stereocenters. The lowest BCUT2D eigenvalue weighted by atomic mass is 9.70. The van der Waals surface area contributed by atoms with E-state index in [4.69, 9.17) is 4.74 Å². The molecule has 3 aliphatic rings. The van der Waals surface area contributed by atoms with Gasteiger partial charge in [-0.2, -0.15) is 0 Å². The Morgan fingerprint density at radius 1 is 1.19 bits per heavy atom. The van der Waals surface area contributed by atoms with Gasteiger partial charge in [0.2, 0.25) is 5.91 Å². The highest BCUT2D eigenvalue weighted by molar-refractivity contribution is 6.02. The summed E-state index contributed by atoms with van der Waals surface area (Å²) in [6.07, 6.45) is 8.49. The first-order valence-corrected chi connectivity index (χ1v) is 10.4. The van der Waals surface area contributed by atoms with Gasteiger partial charge in [-0.15, -0.1) is 0 Å². The molecule has 1 aliphatic heterocycles.